The molecule has 19 heavy (non-hydrogen) atoms. The first-order valence-electron chi connectivity index (χ1n) is 5.95. The van der Waals surface area contributed by atoms with Gasteiger partial charge in [-0.2, -0.15) is 0 Å². The molecule has 0 radical (unpaired) electrons. The van der Waals surface area contributed by atoms with Crippen molar-refractivity contribution >= 4 is 28.7 Å². The van der Waals surface area contributed by atoms with Crippen LogP contribution in [0.3, 0.4) is 0 Å². The summed E-state index contributed by atoms with van der Waals surface area (Å²) in [5.74, 6) is 1.45. The zero-order valence-corrected chi connectivity index (χ0v) is 11.4. The Morgan fingerprint density at radius 1 is 1.37 bits per heavy atom. The quantitative estimate of drug-likeness (QED) is 0.820. The Kier molecular flexibility index (Phi) is 4.30. The van der Waals surface area contributed by atoms with Crippen molar-refractivity contribution in [1.29, 1.82) is 0 Å². The number of aromatic nitrogens is 1. The zero-order chi connectivity index (χ0) is 13.7. The second kappa shape index (κ2) is 6.15. The molecule has 0 bridgehead atoms. The summed E-state index contributed by atoms with van der Waals surface area (Å²) >= 11 is 5.01. The van der Waals surface area contributed by atoms with Crippen LogP contribution in [0.5, 0.6) is 5.75 Å². The van der Waals surface area contributed by atoms with Crippen LogP contribution in [0.2, 0.25) is 0 Å². The highest BCUT2D eigenvalue weighted by molar-refractivity contribution is 7.80. The van der Waals surface area contributed by atoms with Crippen LogP contribution in [0.25, 0.3) is 0 Å². The van der Waals surface area contributed by atoms with Gasteiger partial charge in [-0.3, -0.25) is 0 Å². The van der Waals surface area contributed by atoms with Gasteiger partial charge < -0.3 is 15.8 Å². The number of benzene rings is 1. The maximum atomic E-state index is 5.67. The van der Waals surface area contributed by atoms with Crippen molar-refractivity contribution in [2.75, 3.05) is 11.9 Å². The predicted molar refractivity (Wildman–Crippen MR) is 81.0 cm³/mol. The highest BCUT2D eigenvalue weighted by atomic mass is 32.1. The number of hydrogen-bond acceptors (Lipinski definition) is 4. The molecule has 1 aromatic heterocycles. The molecule has 0 aliphatic rings. The van der Waals surface area contributed by atoms with Crippen molar-refractivity contribution in [2.24, 2.45) is 5.73 Å². The highest BCUT2D eigenvalue weighted by Crippen LogP contribution is 2.22. The Morgan fingerprint density at radius 3 is 2.95 bits per heavy atom. The third kappa shape index (κ3) is 3.42. The van der Waals surface area contributed by atoms with Crippen molar-refractivity contribution < 1.29 is 4.74 Å². The van der Waals surface area contributed by atoms with Crippen LogP contribution in [0, 0.1) is 0 Å². The van der Waals surface area contributed by atoms with E-state index in [0.717, 1.165) is 17.0 Å². The minimum Gasteiger partial charge on any atom is -0.494 e. The fourth-order valence-corrected chi connectivity index (χ4v) is 1.84. The van der Waals surface area contributed by atoms with E-state index in [1.54, 1.807) is 12.3 Å². The number of rotatable bonds is 5. The van der Waals surface area contributed by atoms with Gasteiger partial charge in [-0.25, -0.2) is 4.98 Å². The van der Waals surface area contributed by atoms with Gasteiger partial charge in [0, 0.05) is 18.0 Å². The normalized spacial score (nSPS) is 9.95. The Labute approximate surface area is 117 Å². The van der Waals surface area contributed by atoms with E-state index < -0.39 is 0 Å². The number of pyridine rings is 1. The fourth-order valence-electron chi connectivity index (χ4n) is 1.67. The highest BCUT2D eigenvalue weighted by Gasteiger charge is 2.06. The van der Waals surface area contributed by atoms with Gasteiger partial charge in [-0.05, 0) is 31.2 Å². The van der Waals surface area contributed by atoms with Crippen LogP contribution in [-0.4, -0.2) is 16.6 Å². The summed E-state index contributed by atoms with van der Waals surface area (Å²) in [6.45, 7) is 2.58. The molecule has 0 spiro atoms. The van der Waals surface area contributed by atoms with Gasteiger partial charge in [0.15, 0.2) is 0 Å². The largest absolute Gasteiger partial charge is 0.494 e. The van der Waals surface area contributed by atoms with Crippen molar-refractivity contribution in [1.82, 2.24) is 4.98 Å². The van der Waals surface area contributed by atoms with E-state index in [1.807, 2.05) is 37.3 Å². The summed E-state index contributed by atoms with van der Waals surface area (Å²) in [6.07, 6.45) is 1.69. The van der Waals surface area contributed by atoms with E-state index in [0.29, 0.717) is 17.4 Å². The van der Waals surface area contributed by atoms with Crippen molar-refractivity contribution in [3.63, 3.8) is 0 Å². The van der Waals surface area contributed by atoms with Crippen LogP contribution < -0.4 is 15.8 Å². The summed E-state index contributed by atoms with van der Waals surface area (Å²) in [4.78, 5) is 4.57. The Morgan fingerprint density at radius 2 is 2.21 bits per heavy atom. The van der Waals surface area contributed by atoms with Crippen LogP contribution in [0.15, 0.2) is 42.6 Å². The summed E-state index contributed by atoms with van der Waals surface area (Å²) < 4.78 is 5.45. The monoisotopic (exact) mass is 273 g/mol. The average Bonchev–Trinajstić information content (AvgIpc) is 2.40. The molecule has 0 saturated heterocycles. The van der Waals surface area contributed by atoms with E-state index >= 15 is 0 Å². The van der Waals surface area contributed by atoms with E-state index in [2.05, 4.69) is 10.3 Å². The summed E-state index contributed by atoms with van der Waals surface area (Å²) in [5, 5.41) is 3.19. The molecule has 1 aromatic carbocycles. The van der Waals surface area contributed by atoms with Gasteiger partial charge in [0.05, 0.1) is 12.2 Å². The molecule has 2 rings (SSSR count). The first kappa shape index (κ1) is 13.3. The molecule has 2 aromatic rings. The maximum Gasteiger partial charge on any atom is 0.140 e. The molecule has 0 aliphatic carbocycles. The lowest BCUT2D eigenvalue weighted by molar-refractivity contribution is 0.340. The third-order valence-corrected chi connectivity index (χ3v) is 2.70. The summed E-state index contributed by atoms with van der Waals surface area (Å²) in [6, 6.07) is 11.3. The van der Waals surface area contributed by atoms with E-state index in [1.165, 1.54) is 0 Å². The molecule has 0 amide bonds. The smallest absolute Gasteiger partial charge is 0.140 e. The lowest BCUT2D eigenvalue weighted by atomic mass is 10.2. The molecule has 0 atom stereocenters. The first-order valence-corrected chi connectivity index (χ1v) is 6.36. The number of nitrogens with one attached hydrogen (secondary N) is 1. The van der Waals surface area contributed by atoms with Crippen molar-refractivity contribution in [2.45, 2.75) is 6.92 Å². The van der Waals surface area contributed by atoms with Gasteiger partial charge in [0.2, 0.25) is 0 Å². The molecule has 98 valence electrons. The lowest BCUT2D eigenvalue weighted by Crippen LogP contribution is -2.12. The van der Waals surface area contributed by atoms with Gasteiger partial charge in [0.1, 0.15) is 16.6 Å². The first-order chi connectivity index (χ1) is 9.20. The number of nitrogens with zero attached hydrogens (tertiary/aromatic N) is 1. The van der Waals surface area contributed by atoms with Gasteiger partial charge >= 0.3 is 0 Å². The minimum absolute atomic E-state index is 0.316. The molecule has 1 heterocycles. The number of hydrogen-bond donors (Lipinski definition) is 2. The molecule has 5 heteroatoms. The van der Waals surface area contributed by atoms with Crippen molar-refractivity contribution in [3.05, 3.63) is 48.2 Å². The number of thiocarbonyl (C=S) groups is 1. The summed E-state index contributed by atoms with van der Waals surface area (Å²) in [5.41, 5.74) is 7.27. The number of nitrogens with two attached hydrogens (primary N) is 1. The van der Waals surface area contributed by atoms with Crippen molar-refractivity contribution in [3.8, 4) is 5.75 Å². The Hall–Kier alpha value is -2.14. The molecule has 0 aliphatic heterocycles. The van der Waals surface area contributed by atoms with Crippen LogP contribution >= 0.6 is 12.2 Å². The van der Waals surface area contributed by atoms with E-state index in [-0.39, 0.29) is 0 Å². The van der Waals surface area contributed by atoms with Crippen LogP contribution in [0.4, 0.5) is 11.5 Å². The SMILES string of the molecule is CCOc1cccc(Nc2ncccc2C(N)=S)c1. The van der Waals surface area contributed by atoms with Crippen LogP contribution in [0.1, 0.15) is 12.5 Å². The standard InChI is InChI=1S/C14H15N3OS/c1-2-18-11-6-3-5-10(9-11)17-14-12(13(15)19)7-4-8-16-14/h3-9H,2H2,1H3,(H2,15,19)(H,16,17). The van der Waals surface area contributed by atoms with Crippen LogP contribution in [-0.2, 0) is 0 Å². The summed E-state index contributed by atoms with van der Waals surface area (Å²) in [7, 11) is 0. The zero-order valence-electron chi connectivity index (χ0n) is 10.6. The molecular weight excluding hydrogens is 258 g/mol. The second-order valence-corrected chi connectivity index (χ2v) is 4.29. The fraction of sp³-hybridized carbons (Fsp3) is 0.143. The Balaban J connectivity index is 2.26. The molecule has 3 N–H and O–H groups in total. The number of ether oxygens (including phenoxy) is 1. The van der Waals surface area contributed by atoms with E-state index in [9.17, 15) is 0 Å². The maximum absolute atomic E-state index is 5.67. The minimum atomic E-state index is 0.316. The molecule has 0 saturated carbocycles. The van der Waals surface area contributed by atoms with Gasteiger partial charge in [-0.1, -0.05) is 18.3 Å². The third-order valence-electron chi connectivity index (χ3n) is 2.48. The second-order valence-electron chi connectivity index (χ2n) is 3.85. The Bertz CT molecular complexity index is 586. The topological polar surface area (TPSA) is 60.2 Å². The lowest BCUT2D eigenvalue weighted by Gasteiger charge is -2.11. The number of anilines is 2. The molecular formula is C14H15N3OS. The predicted octanol–water partition coefficient (Wildman–Crippen LogP) is 2.86. The molecule has 0 fully saturated rings. The molecule has 4 nitrogen and oxygen atoms in total. The molecule has 0 unspecified atom stereocenters. The van der Waals surface area contributed by atoms with E-state index in [4.69, 9.17) is 22.7 Å². The average molecular weight is 273 g/mol. The van der Waals surface area contributed by atoms with Gasteiger partial charge in [0.25, 0.3) is 0 Å². The van der Waals surface area contributed by atoms with Gasteiger partial charge in [-0.15, -0.1) is 0 Å².